The van der Waals surface area contributed by atoms with Gasteiger partial charge in [-0.2, -0.15) is 0 Å². The highest BCUT2D eigenvalue weighted by Crippen LogP contribution is 2.31. The van der Waals surface area contributed by atoms with Crippen molar-refractivity contribution < 1.29 is 17.2 Å². The number of halogens is 3. The van der Waals surface area contributed by atoms with Gasteiger partial charge in [0.05, 0.1) is 4.90 Å². The van der Waals surface area contributed by atoms with Crippen LogP contribution in [0, 0.1) is 13.8 Å². The molecule has 0 aromatic heterocycles. The topological polar surface area (TPSA) is 34.1 Å². The minimum atomic E-state index is -3.98. The summed E-state index contributed by atoms with van der Waals surface area (Å²) in [5, 5.41) is 0. The number of benzene rings is 1. The van der Waals surface area contributed by atoms with Gasteiger partial charge in [-0.15, -0.1) is 0 Å². The lowest BCUT2D eigenvalue weighted by Crippen LogP contribution is -2.02. The second-order valence-corrected chi connectivity index (χ2v) is 5.67. The monoisotopic (exact) mass is 254 g/mol. The minimum Gasteiger partial charge on any atom is -0.207 e. The van der Waals surface area contributed by atoms with Gasteiger partial charge in [-0.25, -0.2) is 17.2 Å². The normalized spacial score (nSPS) is 12.1. The average Bonchev–Trinajstić information content (AvgIpc) is 2.00. The Bertz CT molecular complexity index is 483. The Balaban J connectivity index is 3.59. The molecule has 0 aliphatic heterocycles. The van der Waals surface area contributed by atoms with Gasteiger partial charge in [-0.3, -0.25) is 0 Å². The molecule has 0 N–H and O–H groups in total. The Morgan fingerprint density at radius 1 is 1.27 bits per heavy atom. The molecule has 0 amide bonds. The van der Waals surface area contributed by atoms with Gasteiger partial charge in [0.25, 0.3) is 15.5 Å². The van der Waals surface area contributed by atoms with Crippen molar-refractivity contribution in [2.75, 3.05) is 0 Å². The fraction of sp³-hybridized carbons (Fsp3) is 0.333. The third kappa shape index (κ3) is 2.46. The van der Waals surface area contributed by atoms with Crippen LogP contribution in [0.5, 0.6) is 0 Å². The summed E-state index contributed by atoms with van der Waals surface area (Å²) < 4.78 is 47.3. The van der Waals surface area contributed by atoms with E-state index < -0.39 is 15.5 Å². The van der Waals surface area contributed by atoms with E-state index in [4.69, 9.17) is 10.7 Å². The molecule has 1 rings (SSSR count). The van der Waals surface area contributed by atoms with Gasteiger partial charge in [0.2, 0.25) is 0 Å². The first-order chi connectivity index (χ1) is 6.75. The van der Waals surface area contributed by atoms with Crippen LogP contribution in [0.2, 0.25) is 0 Å². The molecule has 1 aromatic carbocycles. The Hall–Kier alpha value is -0.680. The molecule has 0 bridgehead atoms. The van der Waals surface area contributed by atoms with E-state index in [1.165, 1.54) is 26.0 Å². The van der Waals surface area contributed by atoms with Gasteiger partial charge in [-0.1, -0.05) is 12.1 Å². The molecule has 0 atom stereocenters. The Morgan fingerprint density at radius 2 is 1.80 bits per heavy atom. The second-order valence-electron chi connectivity index (χ2n) is 3.16. The van der Waals surface area contributed by atoms with Crippen molar-refractivity contribution in [3.8, 4) is 0 Å². The minimum absolute atomic E-state index is 0.0139. The van der Waals surface area contributed by atoms with Crippen LogP contribution in [0.25, 0.3) is 0 Å². The van der Waals surface area contributed by atoms with E-state index in [9.17, 15) is 17.2 Å². The Kier molecular flexibility index (Phi) is 3.35. The maximum absolute atomic E-state index is 12.5. The molecule has 0 aliphatic rings. The van der Waals surface area contributed by atoms with Gasteiger partial charge < -0.3 is 0 Å². The van der Waals surface area contributed by atoms with Gasteiger partial charge in [0, 0.05) is 16.2 Å². The first kappa shape index (κ1) is 12.4. The van der Waals surface area contributed by atoms with Gasteiger partial charge in [0.1, 0.15) is 0 Å². The second kappa shape index (κ2) is 4.06. The van der Waals surface area contributed by atoms with E-state index in [0.717, 1.165) is 0 Å². The Morgan fingerprint density at radius 3 is 2.20 bits per heavy atom. The maximum Gasteiger partial charge on any atom is 0.264 e. The summed E-state index contributed by atoms with van der Waals surface area (Å²) in [5.74, 6) is 0. The average molecular weight is 255 g/mol. The van der Waals surface area contributed by atoms with E-state index in [0.29, 0.717) is 5.56 Å². The molecule has 0 radical (unpaired) electrons. The number of aryl methyl sites for hydroxylation is 1. The van der Waals surface area contributed by atoms with Crippen molar-refractivity contribution in [3.63, 3.8) is 0 Å². The lowest BCUT2D eigenvalue weighted by atomic mass is 10.1. The molecule has 0 unspecified atom stereocenters. The molecule has 0 saturated carbocycles. The molecule has 84 valence electrons. The molecule has 6 heteroatoms. The zero-order valence-electron chi connectivity index (χ0n) is 8.09. The smallest absolute Gasteiger partial charge is 0.207 e. The number of hydrogen-bond donors (Lipinski definition) is 0. The van der Waals surface area contributed by atoms with Crippen LogP contribution in [0.4, 0.5) is 8.78 Å². The molecule has 0 aliphatic carbocycles. The van der Waals surface area contributed by atoms with Crippen LogP contribution in [0.15, 0.2) is 17.0 Å². The van der Waals surface area contributed by atoms with Crippen LogP contribution in [-0.4, -0.2) is 8.42 Å². The molecule has 15 heavy (non-hydrogen) atoms. The van der Waals surface area contributed by atoms with Crippen LogP contribution in [-0.2, 0) is 9.05 Å². The predicted octanol–water partition coefficient (Wildman–Crippen LogP) is 3.17. The first-order valence-electron chi connectivity index (χ1n) is 4.08. The fourth-order valence-corrected chi connectivity index (χ4v) is 3.10. The molecule has 0 fully saturated rings. The largest absolute Gasteiger partial charge is 0.264 e. The van der Waals surface area contributed by atoms with E-state index in [-0.39, 0.29) is 16.0 Å². The SMILES string of the molecule is Cc1ccc(C(F)F)c(C)c1S(=O)(=O)Cl. The van der Waals surface area contributed by atoms with E-state index >= 15 is 0 Å². The zero-order chi connectivity index (χ0) is 11.8. The molecular formula is C9H9ClF2O2S. The summed E-state index contributed by atoms with van der Waals surface area (Å²) in [6.45, 7) is 2.83. The predicted molar refractivity (Wildman–Crippen MR) is 53.9 cm³/mol. The van der Waals surface area contributed by atoms with E-state index in [1.807, 2.05) is 0 Å². The molecule has 0 heterocycles. The summed E-state index contributed by atoms with van der Waals surface area (Å²) in [7, 11) is 1.19. The third-order valence-corrected chi connectivity index (χ3v) is 3.70. The molecule has 0 saturated heterocycles. The van der Waals surface area contributed by atoms with Gasteiger partial charge >= 0.3 is 0 Å². The van der Waals surface area contributed by atoms with Crippen molar-refractivity contribution >= 4 is 19.7 Å². The van der Waals surface area contributed by atoms with Crippen LogP contribution < -0.4 is 0 Å². The van der Waals surface area contributed by atoms with Crippen LogP contribution in [0.3, 0.4) is 0 Å². The first-order valence-corrected chi connectivity index (χ1v) is 6.39. The Labute approximate surface area is 91.3 Å². The highest BCUT2D eigenvalue weighted by Gasteiger charge is 2.21. The van der Waals surface area contributed by atoms with Crippen molar-refractivity contribution in [1.29, 1.82) is 0 Å². The lowest BCUT2D eigenvalue weighted by molar-refractivity contribution is 0.150. The van der Waals surface area contributed by atoms with Crippen molar-refractivity contribution in [1.82, 2.24) is 0 Å². The molecule has 2 nitrogen and oxygen atoms in total. The summed E-state index contributed by atoms with van der Waals surface area (Å²) in [5.41, 5.74) is 0.0757. The highest BCUT2D eigenvalue weighted by atomic mass is 35.7. The van der Waals surface area contributed by atoms with Gasteiger partial charge in [0.15, 0.2) is 0 Å². The fourth-order valence-electron chi connectivity index (χ4n) is 1.45. The summed E-state index contributed by atoms with van der Waals surface area (Å²) in [6.07, 6.45) is -2.71. The number of alkyl halides is 2. The third-order valence-electron chi connectivity index (χ3n) is 2.12. The van der Waals surface area contributed by atoms with Crippen molar-refractivity contribution in [3.05, 3.63) is 28.8 Å². The van der Waals surface area contributed by atoms with Crippen LogP contribution in [0.1, 0.15) is 23.1 Å². The standard InChI is InChI=1S/C9H9ClF2O2S/c1-5-3-4-7(9(11)12)6(2)8(5)15(10,13)14/h3-4,9H,1-2H3. The zero-order valence-corrected chi connectivity index (χ0v) is 9.66. The molecular weight excluding hydrogens is 246 g/mol. The quantitative estimate of drug-likeness (QED) is 0.760. The summed E-state index contributed by atoms with van der Waals surface area (Å²) in [4.78, 5) is -0.220. The van der Waals surface area contributed by atoms with E-state index in [1.54, 1.807) is 0 Å². The number of rotatable bonds is 2. The van der Waals surface area contributed by atoms with Crippen molar-refractivity contribution in [2.24, 2.45) is 0 Å². The number of hydrogen-bond acceptors (Lipinski definition) is 2. The highest BCUT2D eigenvalue weighted by molar-refractivity contribution is 8.13. The van der Waals surface area contributed by atoms with Gasteiger partial charge in [-0.05, 0) is 25.0 Å². The lowest BCUT2D eigenvalue weighted by Gasteiger charge is -2.10. The molecule has 1 aromatic rings. The summed E-state index contributed by atoms with van der Waals surface area (Å²) in [6, 6.07) is 2.53. The molecule has 0 spiro atoms. The summed E-state index contributed by atoms with van der Waals surface area (Å²) >= 11 is 0. The maximum atomic E-state index is 12.5. The van der Waals surface area contributed by atoms with Crippen LogP contribution >= 0.6 is 10.7 Å². The van der Waals surface area contributed by atoms with E-state index in [2.05, 4.69) is 0 Å². The van der Waals surface area contributed by atoms with Crippen molar-refractivity contribution in [2.45, 2.75) is 25.2 Å².